The summed E-state index contributed by atoms with van der Waals surface area (Å²) in [6, 6.07) is 10.5. The molecule has 2 heterocycles. The van der Waals surface area contributed by atoms with Gasteiger partial charge in [0.1, 0.15) is 5.49 Å². The van der Waals surface area contributed by atoms with E-state index in [0.29, 0.717) is 0 Å². The molecule has 0 saturated carbocycles. The third kappa shape index (κ3) is 2.36. The number of rotatable bonds is 2. The summed E-state index contributed by atoms with van der Waals surface area (Å²) in [6.07, 6.45) is 2.01. The van der Waals surface area contributed by atoms with Crippen molar-refractivity contribution in [3.63, 3.8) is 0 Å². The van der Waals surface area contributed by atoms with Crippen molar-refractivity contribution in [1.82, 2.24) is 4.57 Å². The lowest BCUT2D eigenvalue weighted by Crippen LogP contribution is -2.16. The number of aromatic nitrogens is 1. The van der Waals surface area contributed by atoms with E-state index in [1.54, 1.807) is 11.3 Å². The molecule has 0 aliphatic carbocycles. The monoisotopic (exact) mass is 218 g/mol. The van der Waals surface area contributed by atoms with Crippen molar-refractivity contribution >= 4 is 11.3 Å². The van der Waals surface area contributed by atoms with Crippen LogP contribution in [0.4, 0.5) is 0 Å². The Balaban J connectivity index is 2.35. The zero-order chi connectivity index (χ0) is 10.7. The van der Waals surface area contributed by atoms with Crippen LogP contribution in [0.25, 0.3) is 0 Å². The summed E-state index contributed by atoms with van der Waals surface area (Å²) in [4.78, 5) is 5.98. The second kappa shape index (κ2) is 4.45. The number of hydrogen-bond acceptors (Lipinski definition) is 2. The fraction of sp³-hybridized carbons (Fsp3) is 0.250. The second-order valence-electron chi connectivity index (χ2n) is 3.49. The lowest BCUT2D eigenvalue weighted by Gasteiger charge is -2.04. The Morgan fingerprint density at radius 1 is 1.27 bits per heavy atom. The quantitative estimate of drug-likeness (QED) is 0.737. The van der Waals surface area contributed by atoms with Gasteiger partial charge in [0.25, 0.3) is 0 Å². The van der Waals surface area contributed by atoms with Crippen molar-refractivity contribution in [2.45, 2.75) is 13.0 Å². The Morgan fingerprint density at radius 3 is 2.80 bits per heavy atom. The van der Waals surface area contributed by atoms with Gasteiger partial charge in [-0.05, 0) is 30.5 Å². The van der Waals surface area contributed by atoms with Crippen molar-refractivity contribution in [3.8, 4) is 0 Å². The fourth-order valence-electron chi connectivity index (χ4n) is 1.44. The predicted octanol–water partition coefficient (Wildman–Crippen LogP) is 2.75. The summed E-state index contributed by atoms with van der Waals surface area (Å²) < 4.78 is 2.03. The van der Waals surface area contributed by atoms with E-state index in [0.717, 1.165) is 5.49 Å². The first-order valence-electron chi connectivity index (χ1n) is 4.96. The van der Waals surface area contributed by atoms with Crippen LogP contribution in [0.2, 0.25) is 0 Å². The van der Waals surface area contributed by atoms with Crippen molar-refractivity contribution in [3.05, 3.63) is 52.3 Å². The van der Waals surface area contributed by atoms with E-state index >= 15 is 0 Å². The average Bonchev–Trinajstić information content (AvgIpc) is 2.74. The molecule has 2 nitrogen and oxygen atoms in total. The molecular formula is C12H14N2S. The molecule has 1 atom stereocenters. The SMILES string of the molecule is CC(N=c1ccccn1C)c1cccs1. The van der Waals surface area contributed by atoms with Crippen LogP contribution in [0.3, 0.4) is 0 Å². The van der Waals surface area contributed by atoms with Gasteiger partial charge in [-0.2, -0.15) is 0 Å². The van der Waals surface area contributed by atoms with Crippen LogP contribution < -0.4 is 5.49 Å². The van der Waals surface area contributed by atoms with Crippen LogP contribution in [0.15, 0.2) is 46.9 Å². The zero-order valence-electron chi connectivity index (χ0n) is 8.92. The van der Waals surface area contributed by atoms with E-state index in [2.05, 4.69) is 29.4 Å². The standard InChI is InChI=1S/C12H14N2S/c1-10(11-6-5-9-15-11)13-12-7-3-4-8-14(12)2/h3-10H,1-2H3. The molecule has 3 heteroatoms. The van der Waals surface area contributed by atoms with E-state index in [-0.39, 0.29) is 6.04 Å². The van der Waals surface area contributed by atoms with E-state index in [1.165, 1.54) is 4.88 Å². The Hall–Kier alpha value is -1.35. The topological polar surface area (TPSA) is 17.3 Å². The minimum atomic E-state index is 0.235. The lowest BCUT2D eigenvalue weighted by atomic mass is 10.3. The van der Waals surface area contributed by atoms with Crippen LogP contribution in [0.5, 0.6) is 0 Å². The maximum absolute atomic E-state index is 4.67. The molecule has 0 radical (unpaired) electrons. The molecule has 2 aromatic heterocycles. The molecule has 0 aliphatic heterocycles. The zero-order valence-corrected chi connectivity index (χ0v) is 9.74. The molecule has 78 valence electrons. The highest BCUT2D eigenvalue weighted by molar-refractivity contribution is 7.10. The first kappa shape index (κ1) is 10.2. The van der Waals surface area contributed by atoms with Gasteiger partial charge in [0.05, 0.1) is 6.04 Å². The number of pyridine rings is 1. The van der Waals surface area contributed by atoms with Gasteiger partial charge in [-0.1, -0.05) is 12.1 Å². The third-order valence-electron chi connectivity index (χ3n) is 2.31. The summed E-state index contributed by atoms with van der Waals surface area (Å²) in [5.74, 6) is 0. The smallest absolute Gasteiger partial charge is 0.127 e. The first-order valence-corrected chi connectivity index (χ1v) is 5.84. The predicted molar refractivity (Wildman–Crippen MR) is 63.7 cm³/mol. The van der Waals surface area contributed by atoms with Crippen LogP contribution in [0, 0.1) is 0 Å². The van der Waals surface area contributed by atoms with Crippen molar-refractivity contribution in [2.24, 2.45) is 12.0 Å². The van der Waals surface area contributed by atoms with Gasteiger partial charge in [0.2, 0.25) is 0 Å². The van der Waals surface area contributed by atoms with Gasteiger partial charge in [-0.25, -0.2) is 0 Å². The molecule has 0 bridgehead atoms. The molecule has 0 fully saturated rings. The molecule has 0 aromatic carbocycles. The number of thiophene rings is 1. The van der Waals surface area contributed by atoms with E-state index in [9.17, 15) is 0 Å². The Bertz CT molecular complexity index is 482. The molecule has 15 heavy (non-hydrogen) atoms. The summed E-state index contributed by atoms with van der Waals surface area (Å²) >= 11 is 1.75. The fourth-order valence-corrected chi connectivity index (χ4v) is 2.16. The number of hydrogen-bond donors (Lipinski definition) is 0. The highest BCUT2D eigenvalue weighted by Gasteiger charge is 2.02. The molecule has 0 spiro atoms. The van der Waals surface area contributed by atoms with Crippen molar-refractivity contribution < 1.29 is 0 Å². The summed E-state index contributed by atoms with van der Waals surface area (Å²) in [5, 5.41) is 2.09. The molecule has 0 aliphatic rings. The van der Waals surface area contributed by atoms with E-state index in [4.69, 9.17) is 0 Å². The van der Waals surface area contributed by atoms with Gasteiger partial charge in [-0.3, -0.25) is 4.99 Å². The van der Waals surface area contributed by atoms with E-state index < -0.39 is 0 Å². The van der Waals surface area contributed by atoms with Crippen LogP contribution in [0.1, 0.15) is 17.8 Å². The van der Waals surface area contributed by atoms with Gasteiger partial charge >= 0.3 is 0 Å². The van der Waals surface area contributed by atoms with Gasteiger partial charge in [0.15, 0.2) is 0 Å². The Kier molecular flexibility index (Phi) is 3.02. The van der Waals surface area contributed by atoms with Crippen molar-refractivity contribution in [2.75, 3.05) is 0 Å². The van der Waals surface area contributed by atoms with Crippen LogP contribution >= 0.6 is 11.3 Å². The normalized spacial score (nSPS) is 14.1. The number of aryl methyl sites for hydroxylation is 1. The minimum absolute atomic E-state index is 0.235. The summed E-state index contributed by atoms with van der Waals surface area (Å²) in [6.45, 7) is 2.12. The van der Waals surface area contributed by atoms with Gasteiger partial charge in [-0.15, -0.1) is 11.3 Å². The van der Waals surface area contributed by atoms with Gasteiger partial charge < -0.3 is 4.57 Å². The molecule has 2 rings (SSSR count). The van der Waals surface area contributed by atoms with Crippen molar-refractivity contribution in [1.29, 1.82) is 0 Å². The molecular weight excluding hydrogens is 204 g/mol. The largest absolute Gasteiger partial charge is 0.336 e. The minimum Gasteiger partial charge on any atom is -0.336 e. The summed E-state index contributed by atoms with van der Waals surface area (Å²) in [7, 11) is 2.01. The second-order valence-corrected chi connectivity index (χ2v) is 4.47. The average molecular weight is 218 g/mol. The van der Waals surface area contributed by atoms with Gasteiger partial charge in [0, 0.05) is 18.1 Å². The lowest BCUT2D eigenvalue weighted by molar-refractivity contribution is 0.736. The van der Waals surface area contributed by atoms with E-state index in [1.807, 2.05) is 36.0 Å². The Labute approximate surface area is 93.5 Å². The highest BCUT2D eigenvalue weighted by Crippen LogP contribution is 2.20. The molecule has 0 N–H and O–H groups in total. The van der Waals surface area contributed by atoms with Crippen LogP contribution in [-0.4, -0.2) is 4.57 Å². The molecule has 2 aromatic rings. The Morgan fingerprint density at radius 2 is 2.13 bits per heavy atom. The summed E-state index contributed by atoms with van der Waals surface area (Å²) in [5.41, 5.74) is 1.01. The maximum Gasteiger partial charge on any atom is 0.127 e. The first-order chi connectivity index (χ1) is 7.27. The van der Waals surface area contributed by atoms with Crippen LogP contribution in [-0.2, 0) is 7.05 Å². The highest BCUT2D eigenvalue weighted by atomic mass is 32.1. The maximum atomic E-state index is 4.67. The number of nitrogens with zero attached hydrogens (tertiary/aromatic N) is 2. The molecule has 1 unspecified atom stereocenters. The third-order valence-corrected chi connectivity index (χ3v) is 3.35. The molecule has 0 saturated heterocycles. The molecule has 0 amide bonds.